The van der Waals surface area contributed by atoms with Crippen LogP contribution in [0.15, 0.2) is 53.6 Å². The van der Waals surface area contributed by atoms with Gasteiger partial charge in [-0.05, 0) is 54.9 Å². The van der Waals surface area contributed by atoms with Crippen LogP contribution in [0.2, 0.25) is 5.02 Å². The van der Waals surface area contributed by atoms with Gasteiger partial charge in [-0.25, -0.2) is 0 Å². The molecule has 1 aromatic heterocycles. The second kappa shape index (κ2) is 7.46. The largest absolute Gasteiger partial charge is 0.322 e. The zero-order valence-electron chi connectivity index (χ0n) is 14.2. The van der Waals surface area contributed by atoms with Crippen molar-refractivity contribution in [3.63, 3.8) is 0 Å². The molecule has 0 radical (unpaired) electrons. The molecule has 6 nitrogen and oxygen atoms in total. The predicted molar refractivity (Wildman–Crippen MR) is 108 cm³/mol. The van der Waals surface area contributed by atoms with Crippen molar-refractivity contribution >= 4 is 41.6 Å². The third-order valence-corrected chi connectivity index (χ3v) is 4.80. The van der Waals surface area contributed by atoms with E-state index in [1.54, 1.807) is 35.2 Å². The molecule has 4 rings (SSSR count). The number of nitrogens with one attached hydrogen (secondary N) is 2. The number of halogens is 1. The highest BCUT2D eigenvalue weighted by molar-refractivity contribution is 7.71. The second-order valence-electron chi connectivity index (χ2n) is 6.28. The number of aromatic amines is 1. The zero-order chi connectivity index (χ0) is 18.8. The smallest absolute Gasteiger partial charge is 0.257 e. The highest BCUT2D eigenvalue weighted by Crippen LogP contribution is 2.38. The van der Waals surface area contributed by atoms with Crippen molar-refractivity contribution in [1.29, 1.82) is 0 Å². The topological polar surface area (TPSA) is 75.1 Å². The van der Waals surface area contributed by atoms with Gasteiger partial charge in [0.1, 0.15) is 0 Å². The fraction of sp³-hybridized carbons (Fsp3) is 0.158. The molecule has 0 bridgehead atoms. The normalized spacial score (nSPS) is 13.8. The highest BCUT2D eigenvalue weighted by atomic mass is 35.5. The molecule has 136 valence electrons. The lowest BCUT2D eigenvalue weighted by Crippen LogP contribution is -2.12. The summed E-state index contributed by atoms with van der Waals surface area (Å²) in [6, 6.07) is 14.3. The third kappa shape index (κ3) is 3.99. The molecule has 1 fully saturated rings. The fourth-order valence-electron chi connectivity index (χ4n) is 2.69. The Hall–Kier alpha value is -2.77. The zero-order valence-corrected chi connectivity index (χ0v) is 15.8. The Kier molecular flexibility index (Phi) is 4.87. The van der Waals surface area contributed by atoms with Crippen LogP contribution in [0.5, 0.6) is 0 Å². The Morgan fingerprint density at radius 3 is 2.89 bits per heavy atom. The number of aromatic nitrogens is 3. The summed E-state index contributed by atoms with van der Waals surface area (Å²) in [6.07, 6.45) is 3.92. The van der Waals surface area contributed by atoms with Crippen molar-refractivity contribution in [2.24, 2.45) is 5.10 Å². The molecule has 3 aromatic rings. The third-order valence-electron chi connectivity index (χ3n) is 4.20. The molecule has 1 amide bonds. The van der Waals surface area contributed by atoms with Gasteiger partial charge in [0.15, 0.2) is 5.82 Å². The van der Waals surface area contributed by atoms with Crippen LogP contribution in [0, 0.1) is 4.77 Å². The molecule has 8 heteroatoms. The van der Waals surface area contributed by atoms with E-state index >= 15 is 0 Å². The van der Waals surface area contributed by atoms with E-state index in [1.807, 2.05) is 24.3 Å². The van der Waals surface area contributed by atoms with Gasteiger partial charge in [0.25, 0.3) is 5.91 Å². The van der Waals surface area contributed by atoms with Crippen molar-refractivity contribution in [2.75, 3.05) is 5.32 Å². The number of H-pyrrole nitrogens is 1. The minimum Gasteiger partial charge on any atom is -0.322 e. The van der Waals surface area contributed by atoms with Crippen LogP contribution in [-0.4, -0.2) is 27.0 Å². The van der Waals surface area contributed by atoms with Gasteiger partial charge in [0.2, 0.25) is 4.77 Å². The molecule has 0 atom stereocenters. The lowest BCUT2D eigenvalue weighted by atomic mass is 10.2. The fourth-order valence-corrected chi connectivity index (χ4v) is 3.09. The van der Waals surface area contributed by atoms with Gasteiger partial charge in [-0.15, -0.1) is 0 Å². The van der Waals surface area contributed by atoms with Gasteiger partial charge in [-0.1, -0.05) is 35.9 Å². The quantitative estimate of drug-likeness (QED) is 0.487. The number of nitrogens with zero attached hydrogens (tertiary/aromatic N) is 3. The van der Waals surface area contributed by atoms with E-state index in [1.165, 1.54) is 0 Å². The first kappa shape index (κ1) is 17.6. The summed E-state index contributed by atoms with van der Waals surface area (Å²) >= 11 is 11.3. The van der Waals surface area contributed by atoms with Gasteiger partial charge >= 0.3 is 0 Å². The average Bonchev–Trinajstić information content (AvgIpc) is 3.44. The summed E-state index contributed by atoms with van der Waals surface area (Å²) in [4.78, 5) is 12.4. The lowest BCUT2D eigenvalue weighted by Gasteiger charge is -2.07. The molecule has 1 saturated carbocycles. The summed E-state index contributed by atoms with van der Waals surface area (Å²) in [6.45, 7) is 0. The summed E-state index contributed by atoms with van der Waals surface area (Å²) in [5.41, 5.74) is 1.91. The number of carbonyl (C=O) groups excluding carboxylic acids is 1. The van der Waals surface area contributed by atoms with Crippen LogP contribution < -0.4 is 5.32 Å². The van der Waals surface area contributed by atoms with Crippen LogP contribution in [0.25, 0.3) is 0 Å². The predicted octanol–water partition coefficient (Wildman–Crippen LogP) is 4.61. The summed E-state index contributed by atoms with van der Waals surface area (Å²) < 4.78 is 2.12. The molecule has 27 heavy (non-hydrogen) atoms. The van der Waals surface area contributed by atoms with Gasteiger partial charge in [0.05, 0.1) is 16.8 Å². The van der Waals surface area contributed by atoms with Gasteiger partial charge < -0.3 is 5.32 Å². The Balaban J connectivity index is 1.53. The Bertz CT molecular complexity index is 1080. The van der Waals surface area contributed by atoms with Gasteiger partial charge in [-0.3, -0.25) is 9.89 Å². The Labute approximate surface area is 165 Å². The Morgan fingerprint density at radius 1 is 1.30 bits per heavy atom. The lowest BCUT2D eigenvalue weighted by molar-refractivity contribution is 0.102. The van der Waals surface area contributed by atoms with E-state index in [4.69, 9.17) is 23.8 Å². The standard InChI is InChI=1S/C19H16ClN5OS/c20-16-7-2-1-6-15(16)18(26)22-14-5-3-4-12(10-14)11-21-25-17(13-8-9-13)23-24-19(25)27/h1-7,10-11,13H,8-9H2,(H,22,26)(H,24,27)/b21-11-. The molecule has 0 aliphatic heterocycles. The number of anilines is 1. The van der Waals surface area contributed by atoms with E-state index in [9.17, 15) is 4.79 Å². The second-order valence-corrected chi connectivity index (χ2v) is 7.07. The number of hydrogen-bond acceptors (Lipinski definition) is 4. The number of amides is 1. The summed E-state index contributed by atoms with van der Waals surface area (Å²) in [7, 11) is 0. The molecular formula is C19H16ClN5OS. The monoisotopic (exact) mass is 397 g/mol. The van der Waals surface area contributed by atoms with Crippen molar-refractivity contribution in [3.05, 3.63) is 75.3 Å². The SMILES string of the molecule is O=C(Nc1cccc(/C=N\n2c(C3CC3)n[nH]c2=S)c1)c1ccccc1Cl. The first-order chi connectivity index (χ1) is 13.1. The van der Waals surface area contributed by atoms with Crippen LogP contribution in [-0.2, 0) is 0 Å². The molecule has 0 unspecified atom stereocenters. The molecular weight excluding hydrogens is 382 g/mol. The van der Waals surface area contributed by atoms with Gasteiger partial charge in [0, 0.05) is 11.6 Å². The van der Waals surface area contributed by atoms with Crippen LogP contribution in [0.3, 0.4) is 0 Å². The van der Waals surface area contributed by atoms with E-state index in [0.29, 0.717) is 27.0 Å². The summed E-state index contributed by atoms with van der Waals surface area (Å²) in [5.74, 6) is 1.03. The van der Waals surface area contributed by atoms with Crippen molar-refractivity contribution in [1.82, 2.24) is 14.9 Å². The number of carbonyl (C=O) groups is 1. The highest BCUT2D eigenvalue weighted by Gasteiger charge is 2.29. The average molecular weight is 398 g/mol. The number of rotatable bonds is 5. The first-order valence-electron chi connectivity index (χ1n) is 8.49. The number of hydrogen-bond donors (Lipinski definition) is 2. The maximum atomic E-state index is 12.4. The van der Waals surface area contributed by atoms with Crippen molar-refractivity contribution in [2.45, 2.75) is 18.8 Å². The minimum absolute atomic E-state index is 0.261. The van der Waals surface area contributed by atoms with Crippen molar-refractivity contribution in [3.8, 4) is 0 Å². The Morgan fingerprint density at radius 2 is 2.11 bits per heavy atom. The molecule has 0 spiro atoms. The van der Waals surface area contributed by atoms with E-state index in [2.05, 4.69) is 20.6 Å². The summed E-state index contributed by atoms with van der Waals surface area (Å²) in [5, 5.41) is 14.8. The minimum atomic E-state index is -0.261. The molecule has 1 aliphatic carbocycles. The van der Waals surface area contributed by atoms with E-state index in [-0.39, 0.29) is 5.91 Å². The molecule has 1 aliphatic rings. The van der Waals surface area contributed by atoms with Crippen molar-refractivity contribution < 1.29 is 4.79 Å². The van der Waals surface area contributed by atoms with E-state index in [0.717, 1.165) is 24.2 Å². The maximum Gasteiger partial charge on any atom is 0.257 e. The van der Waals surface area contributed by atoms with Crippen LogP contribution in [0.1, 0.15) is 40.5 Å². The van der Waals surface area contributed by atoms with E-state index < -0.39 is 0 Å². The molecule has 0 saturated heterocycles. The molecule has 2 N–H and O–H groups in total. The van der Waals surface area contributed by atoms with Crippen LogP contribution in [0.4, 0.5) is 5.69 Å². The van der Waals surface area contributed by atoms with Gasteiger partial charge in [-0.2, -0.15) is 14.9 Å². The maximum absolute atomic E-state index is 12.4. The van der Waals surface area contributed by atoms with Crippen LogP contribution >= 0.6 is 23.8 Å². The first-order valence-corrected chi connectivity index (χ1v) is 9.28. The number of benzene rings is 2. The molecule has 1 heterocycles. The molecule has 2 aromatic carbocycles.